The summed E-state index contributed by atoms with van der Waals surface area (Å²) in [6, 6.07) is 6.92. The van der Waals surface area contributed by atoms with Crippen LogP contribution in [-0.2, 0) is 29.0 Å². The minimum absolute atomic E-state index is 0.0576. The van der Waals surface area contributed by atoms with E-state index in [9.17, 15) is 22.8 Å². The normalized spacial score (nSPS) is 26.9. The number of carbonyl (C=O) groups excluding carboxylic acids is 3. The molecule has 0 aromatic heterocycles. The number of hydrogen-bond donors (Lipinski definition) is 0. The molecule has 2 unspecified atom stereocenters. The van der Waals surface area contributed by atoms with E-state index in [0.717, 1.165) is 4.90 Å². The summed E-state index contributed by atoms with van der Waals surface area (Å²) in [4.78, 5) is 40.7. The number of rotatable bonds is 5. The Morgan fingerprint density at radius 3 is 2.79 bits per heavy atom. The van der Waals surface area contributed by atoms with Crippen molar-refractivity contribution < 1.29 is 27.5 Å². The predicted octanol–water partition coefficient (Wildman–Crippen LogP) is 1.19. The number of thioether (sulfide) groups is 1. The van der Waals surface area contributed by atoms with Crippen LogP contribution in [0.3, 0.4) is 0 Å². The number of nitrogens with zero attached hydrogens (tertiary/aromatic N) is 2. The van der Waals surface area contributed by atoms with Gasteiger partial charge in [-0.25, -0.2) is 13.2 Å². The average Bonchev–Trinajstić information content (AvgIpc) is 3.32. The molecule has 1 aromatic carbocycles. The SMILES string of the molecule is CCN(C(=O)COC(=O)C12CCC(=O)N1c1ccccc1S2)C1CCS(=O)(=O)C1. The molecular weight excluding hydrogens is 416 g/mol. The first-order chi connectivity index (χ1) is 13.8. The highest BCUT2D eigenvalue weighted by Crippen LogP contribution is 2.56. The Morgan fingerprint density at radius 1 is 1.34 bits per heavy atom. The molecule has 156 valence electrons. The molecule has 29 heavy (non-hydrogen) atoms. The largest absolute Gasteiger partial charge is 0.453 e. The van der Waals surface area contributed by atoms with Gasteiger partial charge in [-0.1, -0.05) is 23.9 Å². The molecule has 0 bridgehead atoms. The topological polar surface area (TPSA) is 101 Å². The summed E-state index contributed by atoms with van der Waals surface area (Å²) in [5.74, 6) is -1.17. The van der Waals surface area contributed by atoms with E-state index in [0.29, 0.717) is 25.1 Å². The summed E-state index contributed by atoms with van der Waals surface area (Å²) >= 11 is 1.28. The number of benzene rings is 1. The van der Waals surface area contributed by atoms with Crippen molar-refractivity contribution in [2.75, 3.05) is 29.6 Å². The second-order valence-corrected chi connectivity index (χ2v) is 10.9. The van der Waals surface area contributed by atoms with E-state index in [-0.39, 0.29) is 29.9 Å². The van der Waals surface area contributed by atoms with Crippen molar-refractivity contribution in [2.45, 2.75) is 42.0 Å². The number of carbonyl (C=O) groups is 3. The lowest BCUT2D eigenvalue weighted by Gasteiger charge is -2.30. The lowest BCUT2D eigenvalue weighted by molar-refractivity contribution is -0.154. The Kier molecular flexibility index (Phi) is 5.10. The first kappa shape index (κ1) is 20.2. The Balaban J connectivity index is 1.46. The molecule has 0 aliphatic carbocycles. The number of fused-ring (bicyclic) bond motifs is 3. The van der Waals surface area contributed by atoms with Gasteiger partial charge in [0, 0.05) is 30.3 Å². The van der Waals surface area contributed by atoms with E-state index in [1.165, 1.54) is 21.6 Å². The van der Waals surface area contributed by atoms with Crippen LogP contribution in [0.1, 0.15) is 26.2 Å². The zero-order chi connectivity index (χ0) is 20.8. The van der Waals surface area contributed by atoms with E-state index in [2.05, 4.69) is 0 Å². The molecule has 8 nitrogen and oxygen atoms in total. The Hall–Kier alpha value is -2.07. The standard InChI is InChI=1S/C19H22N2O6S2/c1-2-20(13-8-10-29(25,26)12-13)17(23)11-27-18(24)19-9-7-16(22)21(19)14-5-3-4-6-15(14)28-19/h3-6,13H,2,7-12H2,1H3. The van der Waals surface area contributed by atoms with Gasteiger partial charge in [0.05, 0.1) is 17.2 Å². The van der Waals surface area contributed by atoms with Gasteiger partial charge in [0.25, 0.3) is 5.91 Å². The summed E-state index contributed by atoms with van der Waals surface area (Å²) in [6.07, 6.45) is 0.954. The zero-order valence-electron chi connectivity index (χ0n) is 16.0. The Labute approximate surface area is 173 Å². The molecule has 2 amide bonds. The summed E-state index contributed by atoms with van der Waals surface area (Å²) in [5, 5.41) is 0. The molecule has 2 atom stereocenters. The number of esters is 1. The minimum Gasteiger partial charge on any atom is -0.453 e. The van der Waals surface area contributed by atoms with Gasteiger partial charge in [0.2, 0.25) is 5.91 Å². The van der Waals surface area contributed by atoms with Crippen LogP contribution in [0.5, 0.6) is 0 Å². The molecule has 0 spiro atoms. The number of anilines is 1. The number of hydrogen-bond acceptors (Lipinski definition) is 7. The van der Waals surface area contributed by atoms with Crippen LogP contribution in [-0.4, -0.2) is 66.7 Å². The van der Waals surface area contributed by atoms with Crippen molar-refractivity contribution in [3.05, 3.63) is 24.3 Å². The lowest BCUT2D eigenvalue weighted by Crippen LogP contribution is -2.49. The Morgan fingerprint density at radius 2 is 2.10 bits per heavy atom. The molecule has 3 aliphatic rings. The quantitative estimate of drug-likeness (QED) is 0.637. The van der Waals surface area contributed by atoms with Gasteiger partial charge >= 0.3 is 5.97 Å². The van der Waals surface area contributed by atoms with E-state index < -0.39 is 33.2 Å². The summed E-state index contributed by atoms with van der Waals surface area (Å²) in [7, 11) is -3.13. The minimum atomic E-state index is -3.13. The molecule has 0 N–H and O–H groups in total. The van der Waals surface area contributed by atoms with Gasteiger partial charge in [0.1, 0.15) is 0 Å². The molecule has 0 radical (unpaired) electrons. The van der Waals surface area contributed by atoms with Gasteiger partial charge in [-0.2, -0.15) is 0 Å². The van der Waals surface area contributed by atoms with Gasteiger partial charge < -0.3 is 9.64 Å². The first-order valence-corrected chi connectivity index (χ1v) is 12.2. The molecule has 2 fully saturated rings. The van der Waals surface area contributed by atoms with Crippen LogP contribution in [0.15, 0.2) is 29.2 Å². The maximum atomic E-state index is 13.0. The average molecular weight is 439 g/mol. The number of amides is 2. The molecule has 2 saturated heterocycles. The fourth-order valence-electron chi connectivity index (χ4n) is 4.25. The van der Waals surface area contributed by atoms with Crippen molar-refractivity contribution in [1.29, 1.82) is 0 Å². The van der Waals surface area contributed by atoms with Crippen molar-refractivity contribution >= 4 is 45.1 Å². The number of para-hydroxylation sites is 1. The molecular formula is C19H22N2O6S2. The van der Waals surface area contributed by atoms with Crippen molar-refractivity contribution in [1.82, 2.24) is 4.90 Å². The zero-order valence-corrected chi connectivity index (χ0v) is 17.6. The van der Waals surface area contributed by atoms with Crippen LogP contribution in [0.25, 0.3) is 0 Å². The lowest BCUT2D eigenvalue weighted by atomic mass is 10.2. The van der Waals surface area contributed by atoms with Crippen molar-refractivity contribution in [2.24, 2.45) is 0 Å². The van der Waals surface area contributed by atoms with Crippen LogP contribution in [0, 0.1) is 0 Å². The van der Waals surface area contributed by atoms with E-state index in [1.54, 1.807) is 13.0 Å². The van der Waals surface area contributed by atoms with Gasteiger partial charge in [-0.05, 0) is 25.5 Å². The number of sulfone groups is 1. The van der Waals surface area contributed by atoms with E-state index in [4.69, 9.17) is 4.74 Å². The highest BCUT2D eigenvalue weighted by Gasteiger charge is 2.58. The van der Waals surface area contributed by atoms with E-state index in [1.807, 2.05) is 18.2 Å². The maximum absolute atomic E-state index is 13.0. The van der Waals surface area contributed by atoms with Crippen molar-refractivity contribution in [3.8, 4) is 0 Å². The second-order valence-electron chi connectivity index (χ2n) is 7.40. The van der Waals surface area contributed by atoms with Crippen LogP contribution >= 0.6 is 11.8 Å². The third-order valence-electron chi connectivity index (χ3n) is 5.63. The van der Waals surface area contributed by atoms with Gasteiger partial charge in [-0.3, -0.25) is 14.5 Å². The fraction of sp³-hybridized carbons (Fsp3) is 0.526. The van der Waals surface area contributed by atoms with Crippen LogP contribution in [0.2, 0.25) is 0 Å². The maximum Gasteiger partial charge on any atom is 0.344 e. The number of ether oxygens (including phenoxy) is 1. The number of likely N-dealkylation sites (N-methyl/N-ethyl adjacent to an activating group) is 1. The molecule has 3 heterocycles. The van der Waals surface area contributed by atoms with E-state index >= 15 is 0 Å². The van der Waals surface area contributed by atoms with Crippen molar-refractivity contribution in [3.63, 3.8) is 0 Å². The highest BCUT2D eigenvalue weighted by atomic mass is 32.2. The van der Waals surface area contributed by atoms with Gasteiger partial charge in [-0.15, -0.1) is 0 Å². The summed E-state index contributed by atoms with van der Waals surface area (Å²) in [5.41, 5.74) is 0.689. The van der Waals surface area contributed by atoms with Crippen LogP contribution < -0.4 is 4.90 Å². The second kappa shape index (κ2) is 7.32. The van der Waals surface area contributed by atoms with Gasteiger partial charge in [0.15, 0.2) is 21.3 Å². The molecule has 10 heteroatoms. The highest BCUT2D eigenvalue weighted by molar-refractivity contribution is 8.02. The smallest absolute Gasteiger partial charge is 0.344 e. The molecule has 4 rings (SSSR count). The Bertz CT molecular complexity index is 979. The molecule has 1 aromatic rings. The molecule has 3 aliphatic heterocycles. The monoisotopic (exact) mass is 438 g/mol. The fourth-order valence-corrected chi connectivity index (χ4v) is 7.40. The predicted molar refractivity (Wildman–Crippen MR) is 107 cm³/mol. The van der Waals surface area contributed by atoms with Crippen LogP contribution in [0.4, 0.5) is 5.69 Å². The third-order valence-corrected chi connectivity index (χ3v) is 8.84. The first-order valence-electron chi connectivity index (χ1n) is 9.55. The summed E-state index contributed by atoms with van der Waals surface area (Å²) in [6.45, 7) is 1.64. The summed E-state index contributed by atoms with van der Waals surface area (Å²) < 4.78 is 28.8. The molecule has 0 saturated carbocycles. The third kappa shape index (κ3) is 3.42.